The highest BCUT2D eigenvalue weighted by Gasteiger charge is 2.47. The van der Waals surface area contributed by atoms with Crippen molar-refractivity contribution in [2.24, 2.45) is 0 Å². The molecule has 5 heteroatoms. The zero-order valence-corrected chi connectivity index (χ0v) is 9.95. The Morgan fingerprint density at radius 3 is 2.56 bits per heavy atom. The molecule has 16 heavy (non-hydrogen) atoms. The first-order valence-electron chi connectivity index (χ1n) is 5.85. The average Bonchev–Trinajstić information content (AvgIpc) is 2.98. The van der Waals surface area contributed by atoms with Crippen LogP contribution < -0.4 is 4.90 Å². The highest BCUT2D eigenvalue weighted by atomic mass is 16.5. The lowest BCUT2D eigenvalue weighted by atomic mass is 10.3. The van der Waals surface area contributed by atoms with Crippen LogP contribution in [0.2, 0.25) is 0 Å². The molecular formula is C11H20NO4+. The van der Waals surface area contributed by atoms with Gasteiger partial charge in [-0.3, -0.25) is 4.79 Å². The first kappa shape index (κ1) is 13.0. The topological polar surface area (TPSA) is 57.0 Å². The lowest BCUT2D eigenvalue weighted by molar-refractivity contribution is -0.769. The molecule has 2 atom stereocenters. The number of hydrogen-bond donors (Lipinski definition) is 1. The number of carbonyl (C=O) groups is 2. The van der Waals surface area contributed by atoms with Crippen LogP contribution >= 0.6 is 0 Å². The van der Waals surface area contributed by atoms with Crippen LogP contribution in [0.5, 0.6) is 0 Å². The Morgan fingerprint density at radius 1 is 1.25 bits per heavy atom. The second-order valence-electron chi connectivity index (χ2n) is 3.83. The molecule has 1 saturated heterocycles. The molecule has 0 aromatic carbocycles. The fourth-order valence-corrected chi connectivity index (χ4v) is 1.67. The van der Waals surface area contributed by atoms with Gasteiger partial charge in [-0.25, -0.2) is 4.79 Å². The van der Waals surface area contributed by atoms with Crippen LogP contribution in [0, 0.1) is 0 Å². The Morgan fingerprint density at radius 2 is 1.94 bits per heavy atom. The predicted molar refractivity (Wildman–Crippen MR) is 57.0 cm³/mol. The zero-order chi connectivity index (χ0) is 12.0. The molecule has 0 amide bonds. The molecule has 1 unspecified atom stereocenters. The van der Waals surface area contributed by atoms with Crippen molar-refractivity contribution in [3.05, 3.63) is 0 Å². The van der Waals surface area contributed by atoms with Gasteiger partial charge in [0.2, 0.25) is 6.04 Å². The Bertz CT molecular complexity index is 254. The van der Waals surface area contributed by atoms with Crippen molar-refractivity contribution in [1.82, 2.24) is 0 Å². The summed E-state index contributed by atoms with van der Waals surface area (Å²) in [6.07, 6.45) is 1.21. The van der Waals surface area contributed by atoms with Gasteiger partial charge < -0.3 is 14.4 Å². The molecule has 1 N–H and O–H groups in total. The second-order valence-corrected chi connectivity index (χ2v) is 3.83. The van der Waals surface area contributed by atoms with Gasteiger partial charge in [-0.15, -0.1) is 0 Å². The maximum Gasteiger partial charge on any atom is 0.371 e. The summed E-state index contributed by atoms with van der Waals surface area (Å²) >= 11 is 0. The van der Waals surface area contributed by atoms with E-state index in [4.69, 9.17) is 9.47 Å². The maximum atomic E-state index is 11.3. The van der Waals surface area contributed by atoms with E-state index in [1.165, 1.54) is 4.90 Å². The Hall–Kier alpha value is -1.10. The first-order valence-corrected chi connectivity index (χ1v) is 5.85. The molecule has 0 aromatic rings. The second kappa shape index (κ2) is 6.48. The molecule has 0 aliphatic carbocycles. The third-order valence-corrected chi connectivity index (χ3v) is 2.55. The van der Waals surface area contributed by atoms with Gasteiger partial charge in [-0.2, -0.15) is 0 Å². The predicted octanol–water partition coefficient (Wildman–Crippen LogP) is -0.840. The summed E-state index contributed by atoms with van der Waals surface area (Å²) in [6.45, 7) is 6.14. The normalized spacial score (nSPS) is 22.6. The summed E-state index contributed by atoms with van der Waals surface area (Å²) < 4.78 is 9.73. The average molecular weight is 230 g/mol. The van der Waals surface area contributed by atoms with Gasteiger partial charge >= 0.3 is 11.9 Å². The summed E-state index contributed by atoms with van der Waals surface area (Å²) in [7, 11) is 0. The smallest absolute Gasteiger partial charge is 0.371 e. The molecular weight excluding hydrogens is 210 g/mol. The van der Waals surface area contributed by atoms with Crippen molar-refractivity contribution in [3.63, 3.8) is 0 Å². The highest BCUT2D eigenvalue weighted by molar-refractivity contribution is 5.76. The van der Waals surface area contributed by atoms with Gasteiger partial charge in [-0.1, -0.05) is 0 Å². The lowest BCUT2D eigenvalue weighted by Gasteiger charge is -2.01. The van der Waals surface area contributed by atoms with Crippen LogP contribution in [0.15, 0.2) is 0 Å². The monoisotopic (exact) mass is 230 g/mol. The van der Waals surface area contributed by atoms with E-state index in [-0.39, 0.29) is 18.0 Å². The zero-order valence-electron chi connectivity index (χ0n) is 9.95. The van der Waals surface area contributed by atoms with Crippen LogP contribution in [-0.4, -0.2) is 44.3 Å². The molecule has 1 aliphatic rings. The molecule has 0 spiro atoms. The van der Waals surface area contributed by atoms with Gasteiger partial charge in [0, 0.05) is 6.42 Å². The molecule has 1 heterocycles. The van der Waals surface area contributed by atoms with Crippen molar-refractivity contribution in [3.8, 4) is 0 Å². The Kier molecular flexibility index (Phi) is 5.25. The van der Waals surface area contributed by atoms with E-state index in [1.54, 1.807) is 13.8 Å². The number of esters is 2. The number of hydrogen-bond acceptors (Lipinski definition) is 4. The van der Waals surface area contributed by atoms with Gasteiger partial charge in [0.15, 0.2) is 0 Å². The number of rotatable bonds is 7. The van der Waals surface area contributed by atoms with E-state index in [9.17, 15) is 9.59 Å². The minimum Gasteiger partial charge on any atom is -0.466 e. The largest absolute Gasteiger partial charge is 0.466 e. The minimum atomic E-state index is -0.156. The van der Waals surface area contributed by atoms with Gasteiger partial charge in [0.1, 0.15) is 6.54 Å². The van der Waals surface area contributed by atoms with Crippen molar-refractivity contribution >= 4 is 11.9 Å². The molecule has 92 valence electrons. The minimum absolute atomic E-state index is 0.00199. The van der Waals surface area contributed by atoms with Crippen LogP contribution in [0.25, 0.3) is 0 Å². The summed E-state index contributed by atoms with van der Waals surface area (Å²) in [5.74, 6) is -0.273. The van der Waals surface area contributed by atoms with Gasteiger partial charge in [0.05, 0.1) is 26.2 Å². The third kappa shape index (κ3) is 4.18. The van der Waals surface area contributed by atoms with Gasteiger partial charge in [-0.05, 0) is 13.8 Å². The molecule has 1 aliphatic heterocycles. The molecule has 5 nitrogen and oxygen atoms in total. The van der Waals surface area contributed by atoms with Crippen molar-refractivity contribution in [2.45, 2.75) is 32.7 Å². The summed E-state index contributed by atoms with van der Waals surface area (Å²) in [5, 5.41) is 0. The Balaban J connectivity index is 2.04. The first-order chi connectivity index (χ1) is 7.69. The van der Waals surface area contributed by atoms with E-state index >= 15 is 0 Å². The van der Waals surface area contributed by atoms with Crippen molar-refractivity contribution in [2.75, 3.05) is 26.3 Å². The fourth-order valence-electron chi connectivity index (χ4n) is 1.67. The van der Waals surface area contributed by atoms with E-state index in [0.717, 1.165) is 19.5 Å². The number of nitrogens with one attached hydrogen (secondary N) is 1. The van der Waals surface area contributed by atoms with Crippen LogP contribution in [0.3, 0.4) is 0 Å². The maximum absolute atomic E-state index is 11.3. The van der Waals surface area contributed by atoms with E-state index in [0.29, 0.717) is 19.6 Å². The number of ether oxygens (including phenoxy) is 2. The highest BCUT2D eigenvalue weighted by Crippen LogP contribution is 1.96. The molecule has 0 radical (unpaired) electrons. The molecule has 0 bridgehead atoms. The molecule has 1 rings (SSSR count). The van der Waals surface area contributed by atoms with Crippen LogP contribution in [-0.2, 0) is 19.1 Å². The number of quaternary nitrogens is 1. The van der Waals surface area contributed by atoms with E-state index in [1.807, 2.05) is 0 Å². The summed E-state index contributed by atoms with van der Waals surface area (Å²) in [4.78, 5) is 23.5. The molecule has 1 fully saturated rings. The quantitative estimate of drug-likeness (QED) is 0.458. The SMILES string of the molecule is CCOC(=O)CCC[NH+]1C[C@@H]1C(=O)OCC. The van der Waals surface area contributed by atoms with Crippen LogP contribution in [0.1, 0.15) is 26.7 Å². The van der Waals surface area contributed by atoms with Crippen LogP contribution in [0.4, 0.5) is 0 Å². The molecule has 0 saturated carbocycles. The van der Waals surface area contributed by atoms with Crippen molar-refractivity contribution in [1.29, 1.82) is 0 Å². The van der Waals surface area contributed by atoms with E-state index in [2.05, 4.69) is 0 Å². The number of carbonyl (C=O) groups excluding carboxylic acids is 2. The standard InChI is InChI=1S/C11H19NO4/c1-3-15-10(13)6-5-7-12-8-9(12)11(14)16-4-2/h9H,3-8H2,1-2H3/p+1/t9-,12?/m1/s1. The third-order valence-electron chi connectivity index (χ3n) is 2.55. The van der Waals surface area contributed by atoms with Crippen molar-refractivity contribution < 1.29 is 24.0 Å². The molecule has 0 aromatic heterocycles. The van der Waals surface area contributed by atoms with E-state index < -0.39 is 0 Å². The summed E-state index contributed by atoms with van der Waals surface area (Å²) in [5.41, 5.74) is 0. The summed E-state index contributed by atoms with van der Waals surface area (Å²) in [6, 6.07) is 0.00199. The van der Waals surface area contributed by atoms with Gasteiger partial charge in [0.25, 0.3) is 0 Å². The lowest BCUT2D eigenvalue weighted by Crippen LogP contribution is -2.95. The fraction of sp³-hybridized carbons (Fsp3) is 0.818. The Labute approximate surface area is 95.7 Å².